The summed E-state index contributed by atoms with van der Waals surface area (Å²) in [4.78, 5) is 24.2. The van der Waals surface area contributed by atoms with E-state index in [0.717, 1.165) is 16.7 Å². The molecule has 0 saturated carbocycles. The minimum atomic E-state index is -0.307. The number of nitrogens with zero attached hydrogens (tertiary/aromatic N) is 1. The molecule has 1 N–H and O–H groups in total. The molecule has 1 aliphatic heterocycles. The molecule has 2 amide bonds. The summed E-state index contributed by atoms with van der Waals surface area (Å²) in [6, 6.07) is 6.51. The number of imide groups is 1. The number of carbonyl (C=O) groups excluding carboxylic acids is 2. The Morgan fingerprint density at radius 1 is 1.38 bits per heavy atom. The summed E-state index contributed by atoms with van der Waals surface area (Å²) in [7, 11) is 1.45. The molecule has 4 nitrogen and oxygen atoms in total. The summed E-state index contributed by atoms with van der Waals surface area (Å²) in [5.74, 6) is -0.178. The number of benzene rings is 1. The number of thioether (sulfide) groups is 1. The minimum Gasteiger partial charge on any atom is -0.508 e. The third-order valence-corrected chi connectivity index (χ3v) is 3.12. The highest BCUT2D eigenvalue weighted by Crippen LogP contribution is 2.31. The van der Waals surface area contributed by atoms with Crippen LogP contribution in [0, 0.1) is 0 Å². The lowest BCUT2D eigenvalue weighted by Crippen LogP contribution is -2.22. The summed E-state index contributed by atoms with van der Waals surface area (Å²) in [6.45, 7) is 0. The van der Waals surface area contributed by atoms with Gasteiger partial charge < -0.3 is 5.11 Å². The summed E-state index contributed by atoms with van der Waals surface area (Å²) in [5, 5.41) is 8.98. The fourth-order valence-corrected chi connectivity index (χ4v) is 2.14. The second-order valence-corrected chi connectivity index (χ2v) is 4.33. The van der Waals surface area contributed by atoms with Crippen LogP contribution in [0.3, 0.4) is 0 Å². The van der Waals surface area contributed by atoms with E-state index >= 15 is 0 Å². The zero-order valence-electron chi connectivity index (χ0n) is 8.51. The van der Waals surface area contributed by atoms with Crippen LogP contribution in [-0.2, 0) is 4.79 Å². The molecule has 0 radical (unpaired) electrons. The number of hydrogen-bond donors (Lipinski definition) is 1. The average Bonchev–Trinajstić information content (AvgIpc) is 2.47. The first-order valence-corrected chi connectivity index (χ1v) is 5.40. The van der Waals surface area contributed by atoms with Crippen molar-refractivity contribution >= 4 is 29.0 Å². The summed E-state index contributed by atoms with van der Waals surface area (Å²) < 4.78 is 0. The number of likely N-dealkylation sites (N-methyl/N-ethyl adjacent to an activating group) is 1. The van der Waals surface area contributed by atoms with Gasteiger partial charge in [0.1, 0.15) is 5.75 Å². The highest BCUT2D eigenvalue weighted by Gasteiger charge is 2.31. The van der Waals surface area contributed by atoms with Crippen molar-refractivity contribution in [3.8, 4) is 5.75 Å². The molecule has 16 heavy (non-hydrogen) atoms. The van der Waals surface area contributed by atoms with E-state index in [0.29, 0.717) is 10.5 Å². The van der Waals surface area contributed by atoms with Gasteiger partial charge in [-0.25, -0.2) is 0 Å². The van der Waals surface area contributed by atoms with Gasteiger partial charge in [-0.05, 0) is 35.5 Å². The van der Waals surface area contributed by atoms with Gasteiger partial charge in [0.05, 0.1) is 4.91 Å². The Morgan fingerprint density at radius 2 is 2.12 bits per heavy atom. The van der Waals surface area contributed by atoms with Crippen LogP contribution in [-0.4, -0.2) is 28.2 Å². The molecule has 0 aromatic heterocycles. The second-order valence-electron chi connectivity index (χ2n) is 3.34. The number of phenols is 1. The van der Waals surface area contributed by atoms with E-state index in [4.69, 9.17) is 0 Å². The summed E-state index contributed by atoms with van der Waals surface area (Å²) >= 11 is 0.899. The first kappa shape index (κ1) is 10.8. The molecule has 5 heteroatoms. The molecule has 82 valence electrons. The Kier molecular flexibility index (Phi) is 2.70. The van der Waals surface area contributed by atoms with Crippen molar-refractivity contribution in [3.63, 3.8) is 0 Å². The molecule has 2 rings (SSSR count). The van der Waals surface area contributed by atoms with Crippen LogP contribution in [0.2, 0.25) is 0 Å². The van der Waals surface area contributed by atoms with Crippen molar-refractivity contribution in [3.05, 3.63) is 34.7 Å². The maximum atomic E-state index is 11.6. The highest BCUT2D eigenvalue weighted by molar-refractivity contribution is 8.18. The molecule has 1 heterocycles. The van der Waals surface area contributed by atoms with Crippen molar-refractivity contribution in [1.29, 1.82) is 0 Å². The first-order chi connectivity index (χ1) is 7.58. The molecule has 0 bridgehead atoms. The third kappa shape index (κ3) is 1.94. The molecule has 0 spiro atoms. The van der Waals surface area contributed by atoms with Crippen molar-refractivity contribution < 1.29 is 14.7 Å². The maximum Gasteiger partial charge on any atom is 0.293 e. The number of amides is 2. The predicted octanol–water partition coefficient (Wildman–Crippen LogP) is 2.06. The van der Waals surface area contributed by atoms with Crippen molar-refractivity contribution in [2.24, 2.45) is 0 Å². The van der Waals surface area contributed by atoms with Gasteiger partial charge in [0, 0.05) is 7.05 Å². The fourth-order valence-electron chi connectivity index (χ4n) is 1.31. The molecular weight excluding hydrogens is 226 g/mol. The lowest BCUT2D eigenvalue weighted by Gasteiger charge is -2.01. The minimum absolute atomic E-state index is 0.129. The predicted molar refractivity (Wildman–Crippen MR) is 61.8 cm³/mol. The Balaban J connectivity index is 2.33. The van der Waals surface area contributed by atoms with Gasteiger partial charge in [-0.15, -0.1) is 0 Å². The van der Waals surface area contributed by atoms with E-state index in [1.165, 1.54) is 13.1 Å². The van der Waals surface area contributed by atoms with Crippen LogP contribution in [0.1, 0.15) is 5.56 Å². The summed E-state index contributed by atoms with van der Waals surface area (Å²) in [5.41, 5.74) is 0.693. The van der Waals surface area contributed by atoms with Gasteiger partial charge in [-0.3, -0.25) is 14.5 Å². The van der Waals surface area contributed by atoms with Gasteiger partial charge in [-0.1, -0.05) is 12.1 Å². The zero-order chi connectivity index (χ0) is 11.7. The molecule has 1 aliphatic rings. The number of rotatable bonds is 1. The smallest absolute Gasteiger partial charge is 0.293 e. The standard InChI is InChI=1S/C11H9NO3S/c1-12-10(14)9(16-11(12)15)6-7-3-2-4-8(13)5-7/h2-6,13H,1H3/b9-6-. The molecular formula is C11H9NO3S. The van der Waals surface area contributed by atoms with E-state index in [1.54, 1.807) is 24.3 Å². The third-order valence-electron chi connectivity index (χ3n) is 2.15. The van der Waals surface area contributed by atoms with Crippen molar-refractivity contribution in [2.75, 3.05) is 7.05 Å². The molecule has 1 fully saturated rings. The van der Waals surface area contributed by atoms with E-state index < -0.39 is 0 Å². The Morgan fingerprint density at radius 3 is 2.69 bits per heavy atom. The molecule has 1 aromatic rings. The van der Waals surface area contributed by atoms with Crippen LogP contribution in [0.5, 0.6) is 5.75 Å². The lowest BCUT2D eigenvalue weighted by atomic mass is 10.2. The van der Waals surface area contributed by atoms with E-state index in [1.807, 2.05) is 0 Å². The highest BCUT2D eigenvalue weighted by atomic mass is 32.2. The maximum absolute atomic E-state index is 11.6. The van der Waals surface area contributed by atoms with Gasteiger partial charge in [0.25, 0.3) is 11.1 Å². The number of hydrogen-bond acceptors (Lipinski definition) is 4. The molecule has 0 unspecified atom stereocenters. The quantitative estimate of drug-likeness (QED) is 0.757. The lowest BCUT2D eigenvalue weighted by molar-refractivity contribution is -0.121. The van der Waals surface area contributed by atoms with Crippen molar-refractivity contribution in [1.82, 2.24) is 4.90 Å². The second kappa shape index (κ2) is 4.02. The number of phenolic OH excluding ortho intramolecular Hbond substituents is 1. The summed E-state index contributed by atoms with van der Waals surface area (Å²) in [6.07, 6.45) is 1.59. The topological polar surface area (TPSA) is 57.6 Å². The van der Waals surface area contributed by atoms with Crippen LogP contribution in [0.15, 0.2) is 29.2 Å². The number of carbonyl (C=O) groups is 2. The van der Waals surface area contributed by atoms with Gasteiger partial charge in [0.2, 0.25) is 0 Å². The van der Waals surface area contributed by atoms with E-state index in [9.17, 15) is 14.7 Å². The van der Waals surface area contributed by atoms with Gasteiger partial charge >= 0.3 is 0 Å². The van der Waals surface area contributed by atoms with Crippen LogP contribution < -0.4 is 0 Å². The van der Waals surface area contributed by atoms with Gasteiger partial charge in [0.15, 0.2) is 0 Å². The first-order valence-electron chi connectivity index (χ1n) is 4.58. The van der Waals surface area contributed by atoms with E-state index in [-0.39, 0.29) is 16.9 Å². The molecule has 0 atom stereocenters. The molecule has 1 saturated heterocycles. The SMILES string of the molecule is CN1C(=O)S/C(=C\c2cccc(O)c2)C1=O. The average molecular weight is 235 g/mol. The largest absolute Gasteiger partial charge is 0.508 e. The van der Waals surface area contributed by atoms with Crippen LogP contribution in [0.25, 0.3) is 6.08 Å². The zero-order valence-corrected chi connectivity index (χ0v) is 9.32. The van der Waals surface area contributed by atoms with Crippen LogP contribution in [0.4, 0.5) is 4.79 Å². The molecule has 1 aromatic carbocycles. The Hall–Kier alpha value is -1.75. The van der Waals surface area contributed by atoms with Crippen LogP contribution >= 0.6 is 11.8 Å². The van der Waals surface area contributed by atoms with E-state index in [2.05, 4.69) is 0 Å². The Bertz CT molecular complexity index is 496. The monoisotopic (exact) mass is 235 g/mol. The van der Waals surface area contributed by atoms with Crippen molar-refractivity contribution in [2.45, 2.75) is 0 Å². The fraction of sp³-hybridized carbons (Fsp3) is 0.0909. The normalized spacial score (nSPS) is 18.6. The van der Waals surface area contributed by atoms with Gasteiger partial charge in [-0.2, -0.15) is 0 Å². The Labute approximate surface area is 96.6 Å². The molecule has 0 aliphatic carbocycles. The number of aromatic hydroxyl groups is 1.